The summed E-state index contributed by atoms with van der Waals surface area (Å²) in [6, 6.07) is 11.2. The van der Waals surface area contributed by atoms with Crippen molar-refractivity contribution in [3.8, 4) is 0 Å². The number of esters is 1. The van der Waals surface area contributed by atoms with Crippen LogP contribution in [-0.4, -0.2) is 36.6 Å². The Morgan fingerprint density at radius 2 is 1.78 bits per heavy atom. The van der Waals surface area contributed by atoms with E-state index >= 15 is 0 Å². The van der Waals surface area contributed by atoms with Gasteiger partial charge < -0.3 is 4.74 Å². The Morgan fingerprint density at radius 3 is 2.67 bits per heavy atom. The van der Waals surface area contributed by atoms with Gasteiger partial charge in [-0.3, -0.25) is 9.69 Å². The van der Waals surface area contributed by atoms with Crippen molar-refractivity contribution in [1.29, 1.82) is 0 Å². The minimum Gasteiger partial charge on any atom is -0.465 e. The van der Waals surface area contributed by atoms with E-state index < -0.39 is 0 Å². The molecule has 0 radical (unpaired) electrons. The highest BCUT2D eigenvalue weighted by Gasteiger charge is 2.35. The smallest absolute Gasteiger partial charge is 0.309 e. The number of carbonyl (C=O) groups excluding carboxylic acids is 1. The van der Waals surface area contributed by atoms with Crippen LogP contribution in [0.3, 0.4) is 0 Å². The zero-order chi connectivity index (χ0) is 18.5. The standard InChI is InChI=1S/C24H33NO2/c26-24(27-18-21-12-8-16-25-15-7-6-14-23(21)25)22-13-5-4-11-20(22)17-19-9-2-1-3-10-19/h1-5,9-10,20-23H,6-8,11-18H2/t20-,21+,22-,23+/m1/s1. The number of fused-ring (bicyclic) bond motifs is 1. The maximum atomic E-state index is 12.9. The quantitative estimate of drug-likeness (QED) is 0.562. The second-order valence-electron chi connectivity index (χ2n) is 8.63. The second kappa shape index (κ2) is 9.05. The van der Waals surface area contributed by atoms with Crippen LogP contribution >= 0.6 is 0 Å². The summed E-state index contributed by atoms with van der Waals surface area (Å²) in [5.74, 6) is 0.951. The molecule has 0 aromatic heterocycles. The van der Waals surface area contributed by atoms with Gasteiger partial charge in [0.25, 0.3) is 0 Å². The molecule has 0 unspecified atom stereocenters. The van der Waals surface area contributed by atoms with Crippen molar-refractivity contribution in [2.75, 3.05) is 19.7 Å². The lowest BCUT2D eigenvalue weighted by Gasteiger charge is -2.44. The molecule has 4 atom stereocenters. The molecule has 4 rings (SSSR count). The van der Waals surface area contributed by atoms with E-state index in [-0.39, 0.29) is 11.9 Å². The van der Waals surface area contributed by atoms with Gasteiger partial charge in [0.05, 0.1) is 12.5 Å². The Hall–Kier alpha value is -1.61. The summed E-state index contributed by atoms with van der Waals surface area (Å²) in [5.41, 5.74) is 1.32. The molecule has 2 heterocycles. The zero-order valence-corrected chi connectivity index (χ0v) is 16.4. The molecule has 146 valence electrons. The fourth-order valence-corrected chi connectivity index (χ4v) is 5.37. The first-order chi connectivity index (χ1) is 13.3. The van der Waals surface area contributed by atoms with Crippen molar-refractivity contribution in [2.45, 2.75) is 57.4 Å². The summed E-state index contributed by atoms with van der Waals surface area (Å²) in [4.78, 5) is 15.6. The van der Waals surface area contributed by atoms with Crippen molar-refractivity contribution >= 4 is 5.97 Å². The van der Waals surface area contributed by atoms with Gasteiger partial charge >= 0.3 is 5.97 Å². The Balaban J connectivity index is 1.34. The average molecular weight is 368 g/mol. The van der Waals surface area contributed by atoms with Crippen LogP contribution in [0.4, 0.5) is 0 Å². The monoisotopic (exact) mass is 367 g/mol. The maximum Gasteiger partial charge on any atom is 0.309 e. The molecule has 1 aromatic rings. The predicted molar refractivity (Wildman–Crippen MR) is 108 cm³/mol. The molecule has 3 nitrogen and oxygen atoms in total. The summed E-state index contributed by atoms with van der Waals surface area (Å²) >= 11 is 0. The summed E-state index contributed by atoms with van der Waals surface area (Å²) in [5, 5.41) is 0. The number of ether oxygens (including phenoxy) is 1. The molecular weight excluding hydrogens is 334 g/mol. The van der Waals surface area contributed by atoms with Gasteiger partial charge in [0, 0.05) is 12.0 Å². The number of hydrogen-bond acceptors (Lipinski definition) is 3. The largest absolute Gasteiger partial charge is 0.465 e. The molecule has 0 spiro atoms. The SMILES string of the molecule is O=C(OC[C@@H]1CCCN2CCCC[C@@H]12)[C@@H]1CC=CC[C@@H]1Cc1ccccc1. The topological polar surface area (TPSA) is 29.5 Å². The van der Waals surface area contributed by atoms with Crippen molar-refractivity contribution in [1.82, 2.24) is 4.90 Å². The molecule has 0 N–H and O–H groups in total. The molecule has 2 saturated heterocycles. The second-order valence-corrected chi connectivity index (χ2v) is 8.63. The Labute approximate surface area is 163 Å². The normalized spacial score (nSPS) is 31.3. The van der Waals surface area contributed by atoms with E-state index in [9.17, 15) is 4.79 Å². The molecule has 3 aliphatic rings. The summed E-state index contributed by atoms with van der Waals surface area (Å²) < 4.78 is 5.94. The molecule has 1 aromatic carbocycles. The number of rotatable bonds is 5. The fourth-order valence-electron chi connectivity index (χ4n) is 5.37. The Bertz CT molecular complexity index is 639. The van der Waals surface area contributed by atoms with E-state index in [1.165, 1.54) is 50.8 Å². The molecule has 0 amide bonds. The number of benzene rings is 1. The maximum absolute atomic E-state index is 12.9. The first-order valence-corrected chi connectivity index (χ1v) is 10.9. The molecule has 2 fully saturated rings. The average Bonchev–Trinajstić information content (AvgIpc) is 2.73. The van der Waals surface area contributed by atoms with Gasteiger partial charge in [-0.1, -0.05) is 48.9 Å². The van der Waals surface area contributed by atoms with Crippen LogP contribution in [0.5, 0.6) is 0 Å². The van der Waals surface area contributed by atoms with E-state index in [0.29, 0.717) is 24.5 Å². The van der Waals surface area contributed by atoms with Gasteiger partial charge in [-0.05, 0) is 69.5 Å². The molecule has 0 bridgehead atoms. The molecule has 27 heavy (non-hydrogen) atoms. The molecular formula is C24H33NO2. The molecule has 1 aliphatic carbocycles. The van der Waals surface area contributed by atoms with Crippen molar-refractivity contribution in [3.63, 3.8) is 0 Å². The van der Waals surface area contributed by atoms with E-state index in [0.717, 1.165) is 19.3 Å². The van der Waals surface area contributed by atoms with E-state index in [1.807, 2.05) is 0 Å². The fraction of sp³-hybridized carbons (Fsp3) is 0.625. The van der Waals surface area contributed by atoms with Gasteiger partial charge in [0.15, 0.2) is 0 Å². The van der Waals surface area contributed by atoms with Gasteiger partial charge in [-0.15, -0.1) is 0 Å². The number of nitrogens with zero attached hydrogens (tertiary/aromatic N) is 1. The highest BCUT2D eigenvalue weighted by molar-refractivity contribution is 5.73. The van der Waals surface area contributed by atoms with Crippen molar-refractivity contribution in [2.24, 2.45) is 17.8 Å². The van der Waals surface area contributed by atoms with E-state index in [1.54, 1.807) is 0 Å². The van der Waals surface area contributed by atoms with Crippen molar-refractivity contribution in [3.05, 3.63) is 48.0 Å². The van der Waals surface area contributed by atoms with Crippen LogP contribution in [0.15, 0.2) is 42.5 Å². The van der Waals surface area contributed by atoms with E-state index in [4.69, 9.17) is 4.74 Å². The highest BCUT2D eigenvalue weighted by Crippen LogP contribution is 2.33. The van der Waals surface area contributed by atoms with Gasteiger partial charge in [0.2, 0.25) is 0 Å². The summed E-state index contributed by atoms with van der Waals surface area (Å²) in [6.07, 6.45) is 13.6. The van der Waals surface area contributed by atoms with Crippen LogP contribution in [0.1, 0.15) is 50.5 Å². The number of hydrogen-bond donors (Lipinski definition) is 0. The summed E-state index contributed by atoms with van der Waals surface area (Å²) in [7, 11) is 0. The zero-order valence-electron chi connectivity index (χ0n) is 16.4. The molecule has 3 heteroatoms. The highest BCUT2D eigenvalue weighted by atomic mass is 16.5. The van der Waals surface area contributed by atoms with Gasteiger partial charge in [-0.2, -0.15) is 0 Å². The van der Waals surface area contributed by atoms with Gasteiger partial charge in [0.1, 0.15) is 0 Å². The third-order valence-corrected chi connectivity index (χ3v) is 6.88. The summed E-state index contributed by atoms with van der Waals surface area (Å²) in [6.45, 7) is 3.10. The molecule has 0 saturated carbocycles. The lowest BCUT2D eigenvalue weighted by molar-refractivity contribution is -0.153. The third kappa shape index (κ3) is 4.63. The Kier molecular flexibility index (Phi) is 6.28. The third-order valence-electron chi connectivity index (χ3n) is 6.88. The van der Waals surface area contributed by atoms with Crippen LogP contribution in [-0.2, 0) is 16.0 Å². The molecule has 2 aliphatic heterocycles. The van der Waals surface area contributed by atoms with Crippen molar-refractivity contribution < 1.29 is 9.53 Å². The van der Waals surface area contributed by atoms with E-state index in [2.05, 4.69) is 47.4 Å². The number of piperidine rings is 2. The number of carbonyl (C=O) groups is 1. The lowest BCUT2D eigenvalue weighted by atomic mass is 9.79. The minimum absolute atomic E-state index is 0.0151. The van der Waals surface area contributed by atoms with Crippen LogP contribution in [0.25, 0.3) is 0 Å². The van der Waals surface area contributed by atoms with Crippen LogP contribution < -0.4 is 0 Å². The minimum atomic E-state index is 0.0151. The van der Waals surface area contributed by atoms with Crippen LogP contribution in [0, 0.1) is 17.8 Å². The van der Waals surface area contributed by atoms with Crippen LogP contribution in [0.2, 0.25) is 0 Å². The first-order valence-electron chi connectivity index (χ1n) is 10.9. The van der Waals surface area contributed by atoms with Gasteiger partial charge in [-0.25, -0.2) is 0 Å². The first kappa shape index (κ1) is 18.7. The lowest BCUT2D eigenvalue weighted by Crippen LogP contribution is -2.49. The predicted octanol–water partition coefficient (Wildman–Crippen LogP) is 4.62. The Morgan fingerprint density at radius 1 is 0.963 bits per heavy atom. The number of allylic oxidation sites excluding steroid dienone is 2.